The molecule has 0 aliphatic carbocycles. The number of hydrogen-bond acceptors (Lipinski definition) is 3. The molecule has 1 aromatic rings. The normalized spacial score (nSPS) is 20.8. The Bertz CT molecular complexity index is 388. The Hall–Kier alpha value is -1.85. The van der Waals surface area contributed by atoms with Gasteiger partial charge in [-0.1, -0.05) is 0 Å². The molecule has 0 bridgehead atoms. The lowest BCUT2D eigenvalue weighted by Crippen LogP contribution is -2.42. The van der Waals surface area contributed by atoms with Gasteiger partial charge in [0.15, 0.2) is 0 Å². The highest BCUT2D eigenvalue weighted by Gasteiger charge is 2.28. The van der Waals surface area contributed by atoms with E-state index in [4.69, 9.17) is 5.11 Å². The molecule has 1 aliphatic rings. The van der Waals surface area contributed by atoms with E-state index >= 15 is 0 Å². The maximum atomic E-state index is 11.9. The van der Waals surface area contributed by atoms with Crippen molar-refractivity contribution in [3.8, 4) is 0 Å². The van der Waals surface area contributed by atoms with Crippen LogP contribution in [0, 0.1) is 5.92 Å². The number of nitrogens with one attached hydrogen (secondary N) is 1. The van der Waals surface area contributed by atoms with E-state index in [-0.39, 0.29) is 12.5 Å². The van der Waals surface area contributed by atoms with Crippen molar-refractivity contribution >= 4 is 11.9 Å². The number of hydrogen-bond donors (Lipinski definition) is 2. The summed E-state index contributed by atoms with van der Waals surface area (Å²) in [5.41, 5.74) is 0.408. The number of H-pyrrole nitrogens is 1. The van der Waals surface area contributed by atoms with Gasteiger partial charge in [0.2, 0.25) is 0 Å². The van der Waals surface area contributed by atoms with E-state index in [1.165, 1.54) is 12.5 Å². The molecule has 1 fully saturated rings. The first-order valence-electron chi connectivity index (χ1n) is 5.19. The third-order valence-corrected chi connectivity index (χ3v) is 2.79. The maximum absolute atomic E-state index is 11.9. The van der Waals surface area contributed by atoms with Gasteiger partial charge in [0.25, 0.3) is 5.91 Å². The van der Waals surface area contributed by atoms with Crippen molar-refractivity contribution in [2.45, 2.75) is 12.8 Å². The first-order valence-corrected chi connectivity index (χ1v) is 5.19. The molecule has 6 heteroatoms. The molecule has 1 aliphatic heterocycles. The van der Waals surface area contributed by atoms with Crippen molar-refractivity contribution in [3.63, 3.8) is 0 Å². The van der Waals surface area contributed by atoms with E-state index in [9.17, 15) is 9.59 Å². The number of piperidine rings is 1. The highest BCUT2D eigenvalue weighted by atomic mass is 16.4. The van der Waals surface area contributed by atoms with Gasteiger partial charge < -0.3 is 15.0 Å². The van der Waals surface area contributed by atoms with E-state index in [1.807, 2.05) is 0 Å². The van der Waals surface area contributed by atoms with Crippen LogP contribution in [0.4, 0.5) is 0 Å². The molecule has 86 valence electrons. The number of aliphatic carboxylic acids is 1. The van der Waals surface area contributed by atoms with Crippen molar-refractivity contribution in [1.29, 1.82) is 0 Å². The Morgan fingerprint density at radius 3 is 3.00 bits per heavy atom. The molecular formula is C10H13N3O3. The molecule has 1 atom stereocenters. The second kappa shape index (κ2) is 4.34. The lowest BCUT2D eigenvalue weighted by Gasteiger charge is -2.30. The number of imidazole rings is 1. The summed E-state index contributed by atoms with van der Waals surface area (Å²) in [4.78, 5) is 30.8. The standard InChI is InChI=1S/C10H13N3O3/c14-9(8-4-11-6-12-8)13-3-1-2-7(5-13)10(15)16/h4,6-7H,1-3,5H2,(H,11,12)(H,15,16)/t7-/m1/s1. The third-order valence-electron chi connectivity index (χ3n) is 2.79. The van der Waals surface area contributed by atoms with E-state index in [1.54, 1.807) is 4.90 Å². The van der Waals surface area contributed by atoms with Crippen LogP contribution in [0.5, 0.6) is 0 Å². The number of carbonyl (C=O) groups excluding carboxylic acids is 1. The Morgan fingerprint density at radius 2 is 2.38 bits per heavy atom. The second-order valence-electron chi connectivity index (χ2n) is 3.89. The minimum absolute atomic E-state index is 0.177. The Kier molecular flexibility index (Phi) is 2.89. The fourth-order valence-electron chi connectivity index (χ4n) is 1.91. The molecule has 1 saturated heterocycles. The van der Waals surface area contributed by atoms with Crippen molar-refractivity contribution in [2.75, 3.05) is 13.1 Å². The summed E-state index contributed by atoms with van der Waals surface area (Å²) in [6.07, 6.45) is 4.26. The largest absolute Gasteiger partial charge is 0.481 e. The van der Waals surface area contributed by atoms with E-state index in [0.717, 1.165) is 6.42 Å². The van der Waals surface area contributed by atoms with E-state index in [2.05, 4.69) is 9.97 Å². The molecule has 2 N–H and O–H groups in total. The fourth-order valence-corrected chi connectivity index (χ4v) is 1.91. The van der Waals surface area contributed by atoms with Gasteiger partial charge >= 0.3 is 5.97 Å². The predicted molar refractivity (Wildman–Crippen MR) is 54.9 cm³/mol. The average molecular weight is 223 g/mol. The monoisotopic (exact) mass is 223 g/mol. The summed E-state index contributed by atoms with van der Waals surface area (Å²) >= 11 is 0. The number of likely N-dealkylation sites (tertiary alicyclic amines) is 1. The number of amides is 1. The quantitative estimate of drug-likeness (QED) is 0.757. The minimum atomic E-state index is -0.831. The first kappa shape index (κ1) is 10.7. The Morgan fingerprint density at radius 1 is 1.56 bits per heavy atom. The molecule has 1 amide bonds. The summed E-state index contributed by atoms with van der Waals surface area (Å²) in [6, 6.07) is 0. The molecule has 0 radical (unpaired) electrons. The summed E-state index contributed by atoms with van der Waals surface area (Å²) in [5, 5.41) is 8.91. The zero-order valence-corrected chi connectivity index (χ0v) is 8.72. The highest BCUT2D eigenvalue weighted by Crippen LogP contribution is 2.18. The van der Waals surface area contributed by atoms with Gasteiger partial charge in [-0.2, -0.15) is 0 Å². The SMILES string of the molecule is O=C(O)[C@@H]1CCCN(C(=O)c2cnc[nH]2)C1. The topological polar surface area (TPSA) is 86.3 Å². The Labute approximate surface area is 92.3 Å². The lowest BCUT2D eigenvalue weighted by atomic mass is 9.98. The number of rotatable bonds is 2. The molecular weight excluding hydrogens is 210 g/mol. The first-order chi connectivity index (χ1) is 7.68. The van der Waals surface area contributed by atoms with Crippen LogP contribution in [0.3, 0.4) is 0 Å². The maximum Gasteiger partial charge on any atom is 0.308 e. The van der Waals surface area contributed by atoms with Gasteiger partial charge in [-0.3, -0.25) is 9.59 Å². The summed E-state index contributed by atoms with van der Waals surface area (Å²) in [5.74, 6) is -1.45. The molecule has 6 nitrogen and oxygen atoms in total. The van der Waals surface area contributed by atoms with Gasteiger partial charge in [0.05, 0.1) is 18.4 Å². The van der Waals surface area contributed by atoms with Crippen LogP contribution in [0.15, 0.2) is 12.5 Å². The molecule has 0 aromatic carbocycles. The van der Waals surface area contributed by atoms with Gasteiger partial charge in [0, 0.05) is 13.1 Å². The number of carboxylic acids is 1. The van der Waals surface area contributed by atoms with E-state index < -0.39 is 11.9 Å². The Balaban J connectivity index is 2.05. The van der Waals surface area contributed by atoms with Crippen LogP contribution in [-0.2, 0) is 4.79 Å². The average Bonchev–Trinajstić information content (AvgIpc) is 2.81. The highest BCUT2D eigenvalue weighted by molar-refractivity contribution is 5.92. The zero-order chi connectivity index (χ0) is 11.5. The van der Waals surface area contributed by atoms with Crippen LogP contribution in [0.1, 0.15) is 23.3 Å². The molecule has 16 heavy (non-hydrogen) atoms. The smallest absolute Gasteiger partial charge is 0.308 e. The van der Waals surface area contributed by atoms with Crippen LogP contribution in [-0.4, -0.2) is 44.9 Å². The van der Waals surface area contributed by atoms with Crippen molar-refractivity contribution in [2.24, 2.45) is 5.92 Å². The molecule has 2 heterocycles. The van der Waals surface area contributed by atoms with Crippen LogP contribution < -0.4 is 0 Å². The van der Waals surface area contributed by atoms with E-state index in [0.29, 0.717) is 18.7 Å². The molecule has 0 unspecified atom stereocenters. The van der Waals surface area contributed by atoms with Gasteiger partial charge in [-0.15, -0.1) is 0 Å². The summed E-state index contributed by atoms with van der Waals surface area (Å²) < 4.78 is 0. The molecule has 0 saturated carbocycles. The number of carboxylic acid groups (broad SMARTS) is 1. The molecule has 2 rings (SSSR count). The zero-order valence-electron chi connectivity index (χ0n) is 8.72. The predicted octanol–water partition coefficient (Wildman–Crippen LogP) is 0.347. The summed E-state index contributed by atoms with van der Waals surface area (Å²) in [7, 11) is 0. The summed E-state index contributed by atoms with van der Waals surface area (Å²) in [6.45, 7) is 0.898. The van der Waals surface area contributed by atoms with Crippen LogP contribution in [0.25, 0.3) is 0 Å². The van der Waals surface area contributed by atoms with Gasteiger partial charge in [-0.25, -0.2) is 4.98 Å². The number of aromatic amines is 1. The fraction of sp³-hybridized carbons (Fsp3) is 0.500. The van der Waals surface area contributed by atoms with Crippen molar-refractivity contribution in [3.05, 3.63) is 18.2 Å². The minimum Gasteiger partial charge on any atom is -0.481 e. The van der Waals surface area contributed by atoms with Gasteiger partial charge in [-0.05, 0) is 12.8 Å². The van der Waals surface area contributed by atoms with Gasteiger partial charge in [0.1, 0.15) is 5.69 Å². The molecule has 0 spiro atoms. The van der Waals surface area contributed by atoms with Crippen molar-refractivity contribution in [1.82, 2.24) is 14.9 Å². The number of carbonyl (C=O) groups is 2. The molecule has 1 aromatic heterocycles. The third kappa shape index (κ3) is 2.05. The number of nitrogens with zero attached hydrogens (tertiary/aromatic N) is 2. The second-order valence-corrected chi connectivity index (χ2v) is 3.89. The number of aromatic nitrogens is 2. The van der Waals surface area contributed by atoms with Crippen LogP contribution >= 0.6 is 0 Å². The van der Waals surface area contributed by atoms with Crippen LogP contribution in [0.2, 0.25) is 0 Å². The lowest BCUT2D eigenvalue weighted by molar-refractivity contribution is -0.143. The van der Waals surface area contributed by atoms with Crippen molar-refractivity contribution < 1.29 is 14.7 Å².